The van der Waals surface area contributed by atoms with Crippen LogP contribution in [0.3, 0.4) is 0 Å². The van der Waals surface area contributed by atoms with Crippen molar-refractivity contribution in [2.24, 2.45) is 0 Å². The lowest BCUT2D eigenvalue weighted by molar-refractivity contribution is -0.134. The van der Waals surface area contributed by atoms with Crippen LogP contribution in [0, 0.1) is 0 Å². The van der Waals surface area contributed by atoms with Crippen molar-refractivity contribution in [3.63, 3.8) is 0 Å². The number of nitrogens with zero attached hydrogens (tertiary/aromatic N) is 3. The van der Waals surface area contributed by atoms with Crippen LogP contribution in [0.1, 0.15) is 22.7 Å². The van der Waals surface area contributed by atoms with Gasteiger partial charge in [-0.05, 0) is 29.2 Å². The maximum Gasteiger partial charge on any atom is 0.252 e. The van der Waals surface area contributed by atoms with Crippen molar-refractivity contribution < 1.29 is 4.79 Å². The molecule has 1 aliphatic heterocycles. The molecule has 2 heterocycles. The maximum absolute atomic E-state index is 13.3. The molecule has 0 radical (unpaired) electrons. The summed E-state index contributed by atoms with van der Waals surface area (Å²) in [5.74, 6) is 0.0967. The van der Waals surface area contributed by atoms with Crippen molar-refractivity contribution in [2.75, 3.05) is 6.54 Å². The Bertz CT molecular complexity index is 827. The predicted molar refractivity (Wildman–Crippen MR) is 92.4 cm³/mol. The molecule has 0 fully saturated rings. The summed E-state index contributed by atoms with van der Waals surface area (Å²) in [5, 5.41) is 4.32. The lowest BCUT2D eigenvalue weighted by atomic mass is 9.98. The first-order chi connectivity index (χ1) is 11.8. The summed E-state index contributed by atoms with van der Waals surface area (Å²) >= 11 is 0. The highest BCUT2D eigenvalue weighted by Crippen LogP contribution is 2.25. The van der Waals surface area contributed by atoms with E-state index in [0.717, 1.165) is 18.5 Å². The molecule has 0 aliphatic carbocycles. The van der Waals surface area contributed by atoms with Gasteiger partial charge >= 0.3 is 0 Å². The summed E-state index contributed by atoms with van der Waals surface area (Å²) in [6.45, 7) is 1.42. The van der Waals surface area contributed by atoms with Gasteiger partial charge in [-0.15, -0.1) is 0 Å². The Kier molecular flexibility index (Phi) is 3.87. The Morgan fingerprint density at radius 2 is 1.71 bits per heavy atom. The number of carbonyl (C=O) groups excluding carboxylic acids is 1. The summed E-state index contributed by atoms with van der Waals surface area (Å²) < 4.78 is 1.75. The highest BCUT2D eigenvalue weighted by molar-refractivity contribution is 5.83. The van der Waals surface area contributed by atoms with Gasteiger partial charge in [0.25, 0.3) is 5.91 Å². The van der Waals surface area contributed by atoms with E-state index in [-0.39, 0.29) is 5.91 Å². The molecule has 4 heteroatoms. The molecular weight excluding hydrogens is 298 g/mol. The number of aromatic nitrogens is 2. The van der Waals surface area contributed by atoms with Gasteiger partial charge in [-0.3, -0.25) is 9.48 Å². The predicted octanol–water partition coefficient (Wildman–Crippen LogP) is 3.06. The summed E-state index contributed by atoms with van der Waals surface area (Å²) in [6.07, 6.45) is 4.48. The zero-order valence-corrected chi connectivity index (χ0v) is 13.4. The smallest absolute Gasteiger partial charge is 0.252 e. The van der Waals surface area contributed by atoms with Crippen molar-refractivity contribution in [3.05, 3.63) is 89.7 Å². The minimum absolute atomic E-state index is 0.0967. The Balaban J connectivity index is 1.66. The average molecular weight is 317 g/mol. The first-order valence-corrected chi connectivity index (χ1v) is 8.22. The Morgan fingerprint density at radius 1 is 0.958 bits per heavy atom. The summed E-state index contributed by atoms with van der Waals surface area (Å²) in [4.78, 5) is 15.2. The van der Waals surface area contributed by atoms with Crippen LogP contribution >= 0.6 is 0 Å². The van der Waals surface area contributed by atoms with Gasteiger partial charge in [-0.1, -0.05) is 54.6 Å². The van der Waals surface area contributed by atoms with Crippen LogP contribution in [0.15, 0.2) is 73.1 Å². The Labute approximate surface area is 141 Å². The van der Waals surface area contributed by atoms with Gasteiger partial charge in [0.15, 0.2) is 6.04 Å². The third-order valence-corrected chi connectivity index (χ3v) is 4.58. The number of carbonyl (C=O) groups is 1. The lowest BCUT2D eigenvalue weighted by Crippen LogP contribution is -2.41. The number of benzene rings is 2. The molecule has 4 nitrogen and oxygen atoms in total. The zero-order chi connectivity index (χ0) is 16.4. The third kappa shape index (κ3) is 2.71. The normalized spacial score (nSPS) is 14.9. The second-order valence-electron chi connectivity index (χ2n) is 6.08. The lowest BCUT2D eigenvalue weighted by Gasteiger charge is -2.32. The minimum Gasteiger partial charge on any atom is -0.336 e. The third-order valence-electron chi connectivity index (χ3n) is 4.58. The second-order valence-corrected chi connectivity index (χ2v) is 6.08. The molecule has 3 aromatic rings. The molecule has 1 atom stereocenters. The maximum atomic E-state index is 13.3. The van der Waals surface area contributed by atoms with Gasteiger partial charge in [0.2, 0.25) is 0 Å². The van der Waals surface area contributed by atoms with E-state index >= 15 is 0 Å². The van der Waals surface area contributed by atoms with Crippen molar-refractivity contribution in [3.8, 4) is 0 Å². The fourth-order valence-corrected chi connectivity index (χ4v) is 3.33. The van der Waals surface area contributed by atoms with E-state index in [1.165, 1.54) is 11.1 Å². The van der Waals surface area contributed by atoms with Crippen LogP contribution < -0.4 is 0 Å². The van der Waals surface area contributed by atoms with E-state index in [1.54, 1.807) is 10.9 Å². The average Bonchev–Trinajstić information content (AvgIpc) is 3.16. The Hall–Kier alpha value is -2.88. The molecule has 24 heavy (non-hydrogen) atoms. The second kappa shape index (κ2) is 6.32. The van der Waals surface area contributed by atoms with Gasteiger partial charge in [-0.2, -0.15) is 5.10 Å². The van der Waals surface area contributed by atoms with E-state index in [1.807, 2.05) is 53.6 Å². The molecule has 1 aromatic heterocycles. The molecular formula is C20H19N3O. The molecule has 1 aliphatic rings. The quantitative estimate of drug-likeness (QED) is 0.744. The van der Waals surface area contributed by atoms with Crippen LogP contribution in [0.5, 0.6) is 0 Å². The van der Waals surface area contributed by atoms with Gasteiger partial charge in [-0.25, -0.2) is 0 Å². The summed E-state index contributed by atoms with van der Waals surface area (Å²) in [5.41, 5.74) is 3.55. The van der Waals surface area contributed by atoms with E-state index in [0.29, 0.717) is 6.54 Å². The van der Waals surface area contributed by atoms with E-state index < -0.39 is 6.04 Å². The van der Waals surface area contributed by atoms with Gasteiger partial charge < -0.3 is 4.90 Å². The SMILES string of the molecule is O=C([C@H](c1ccccc1)n1cccn1)N1CCc2ccccc2C1. The zero-order valence-electron chi connectivity index (χ0n) is 13.4. The molecule has 0 unspecified atom stereocenters. The molecule has 0 bridgehead atoms. The van der Waals surface area contributed by atoms with Crippen LogP contribution in [-0.2, 0) is 17.8 Å². The molecule has 0 saturated heterocycles. The number of hydrogen-bond acceptors (Lipinski definition) is 2. The van der Waals surface area contributed by atoms with Crippen molar-refractivity contribution in [1.82, 2.24) is 14.7 Å². The summed E-state index contributed by atoms with van der Waals surface area (Å²) in [6, 6.07) is 19.7. The number of hydrogen-bond donors (Lipinski definition) is 0. The van der Waals surface area contributed by atoms with Crippen molar-refractivity contribution in [1.29, 1.82) is 0 Å². The molecule has 4 rings (SSSR count). The fourth-order valence-electron chi connectivity index (χ4n) is 3.33. The van der Waals surface area contributed by atoms with E-state index in [4.69, 9.17) is 0 Å². The molecule has 2 aromatic carbocycles. The number of rotatable bonds is 3. The monoisotopic (exact) mass is 317 g/mol. The van der Waals surface area contributed by atoms with Crippen LogP contribution in [-0.4, -0.2) is 27.1 Å². The molecule has 0 saturated carbocycles. The summed E-state index contributed by atoms with van der Waals surface area (Å²) in [7, 11) is 0. The highest BCUT2D eigenvalue weighted by Gasteiger charge is 2.29. The van der Waals surface area contributed by atoms with Gasteiger partial charge in [0, 0.05) is 25.5 Å². The first kappa shape index (κ1) is 14.7. The van der Waals surface area contributed by atoms with Gasteiger partial charge in [0.1, 0.15) is 0 Å². The van der Waals surface area contributed by atoms with E-state index in [9.17, 15) is 4.79 Å². The Morgan fingerprint density at radius 3 is 2.46 bits per heavy atom. The van der Waals surface area contributed by atoms with E-state index in [2.05, 4.69) is 23.3 Å². The highest BCUT2D eigenvalue weighted by atomic mass is 16.2. The first-order valence-electron chi connectivity index (χ1n) is 8.22. The van der Waals surface area contributed by atoms with Crippen LogP contribution in [0.4, 0.5) is 0 Å². The largest absolute Gasteiger partial charge is 0.336 e. The number of fused-ring (bicyclic) bond motifs is 1. The molecule has 120 valence electrons. The van der Waals surface area contributed by atoms with Crippen LogP contribution in [0.2, 0.25) is 0 Å². The molecule has 1 amide bonds. The fraction of sp³-hybridized carbons (Fsp3) is 0.200. The van der Waals surface area contributed by atoms with Crippen LogP contribution in [0.25, 0.3) is 0 Å². The molecule has 0 N–H and O–H groups in total. The molecule has 0 spiro atoms. The topological polar surface area (TPSA) is 38.1 Å². The standard InChI is InChI=1S/C20H19N3O/c24-20(22-14-11-16-7-4-5-10-18(16)15-22)19(23-13-6-12-21-23)17-8-2-1-3-9-17/h1-10,12-13,19H,11,14-15H2/t19-/m0/s1. The minimum atomic E-state index is -0.411. The number of amides is 1. The van der Waals surface area contributed by atoms with Crippen molar-refractivity contribution in [2.45, 2.75) is 19.0 Å². The van der Waals surface area contributed by atoms with Crippen molar-refractivity contribution >= 4 is 5.91 Å². The van der Waals surface area contributed by atoms with Gasteiger partial charge in [0.05, 0.1) is 0 Å².